The molecule has 0 heterocycles. The molecule has 0 aliphatic rings. The summed E-state index contributed by atoms with van der Waals surface area (Å²) >= 11 is 0. The Morgan fingerprint density at radius 1 is 0.810 bits per heavy atom. The molecule has 0 saturated carbocycles. The summed E-state index contributed by atoms with van der Waals surface area (Å²) in [5, 5.41) is 0. The third-order valence-corrected chi connectivity index (χ3v) is 3.29. The Morgan fingerprint density at radius 3 is 1.57 bits per heavy atom. The molecule has 104 valence electrons. The summed E-state index contributed by atoms with van der Waals surface area (Å²) in [5.41, 5.74) is 1.95. The minimum Gasteiger partial charge on any atom is -0.744 e. The maximum Gasteiger partial charge on any atom is 1.00 e. The first kappa shape index (κ1) is 19.8. The van der Waals surface area contributed by atoms with Gasteiger partial charge in [-0.15, -0.1) is 0 Å². The van der Waals surface area contributed by atoms with Crippen LogP contribution in [0.1, 0.15) is 11.1 Å². The summed E-state index contributed by atoms with van der Waals surface area (Å²) in [5.74, 6) is 0. The molecule has 2 aromatic rings. The van der Waals surface area contributed by atoms with Crippen molar-refractivity contribution in [3.8, 4) is 0 Å². The van der Waals surface area contributed by atoms with Crippen LogP contribution in [-0.2, 0) is 10.1 Å². The van der Waals surface area contributed by atoms with Crippen molar-refractivity contribution in [1.29, 1.82) is 0 Å². The molecular formula is C16H15NaO3S. The van der Waals surface area contributed by atoms with Crippen molar-refractivity contribution in [1.82, 2.24) is 0 Å². The predicted octanol–water partition coefficient (Wildman–Crippen LogP) is 0.567. The van der Waals surface area contributed by atoms with Crippen molar-refractivity contribution in [3.05, 3.63) is 78.9 Å². The molecule has 0 aliphatic carbocycles. The van der Waals surface area contributed by atoms with Gasteiger partial charge in [0.1, 0.15) is 10.1 Å². The van der Waals surface area contributed by atoms with Crippen LogP contribution in [0.5, 0.6) is 0 Å². The minimum atomic E-state index is -4.31. The van der Waals surface area contributed by atoms with Crippen molar-refractivity contribution in [2.24, 2.45) is 0 Å². The van der Waals surface area contributed by atoms with E-state index in [9.17, 15) is 13.0 Å². The SMILES string of the molecule is C=Cc1ccc(S(=O)(=O)[O-])cc1.C=Cc1ccccc1.[Na+]. The van der Waals surface area contributed by atoms with Gasteiger partial charge in [0.2, 0.25) is 0 Å². The largest absolute Gasteiger partial charge is 1.00 e. The van der Waals surface area contributed by atoms with Crippen molar-refractivity contribution < 1.29 is 42.5 Å². The first-order valence-corrected chi connectivity index (χ1v) is 7.24. The van der Waals surface area contributed by atoms with E-state index < -0.39 is 10.1 Å². The van der Waals surface area contributed by atoms with Gasteiger partial charge in [-0.1, -0.05) is 67.8 Å². The van der Waals surface area contributed by atoms with Crippen LogP contribution in [0.3, 0.4) is 0 Å². The monoisotopic (exact) mass is 310 g/mol. The van der Waals surface area contributed by atoms with Crippen LogP contribution in [0, 0.1) is 0 Å². The molecule has 21 heavy (non-hydrogen) atoms. The number of hydrogen-bond acceptors (Lipinski definition) is 3. The molecule has 0 fully saturated rings. The zero-order chi connectivity index (χ0) is 15.0. The van der Waals surface area contributed by atoms with E-state index in [4.69, 9.17) is 0 Å². The maximum absolute atomic E-state index is 10.5. The van der Waals surface area contributed by atoms with Gasteiger partial charge in [0.15, 0.2) is 0 Å². The average molecular weight is 310 g/mol. The van der Waals surface area contributed by atoms with Crippen molar-refractivity contribution >= 4 is 22.3 Å². The van der Waals surface area contributed by atoms with Crippen molar-refractivity contribution in [3.63, 3.8) is 0 Å². The Bertz CT molecular complexity index is 662. The molecule has 5 heteroatoms. The Balaban J connectivity index is 0.000000390. The van der Waals surface area contributed by atoms with Crippen LogP contribution in [0.2, 0.25) is 0 Å². The molecule has 0 unspecified atom stereocenters. The number of benzene rings is 2. The Labute approximate surface area is 148 Å². The summed E-state index contributed by atoms with van der Waals surface area (Å²) < 4.78 is 31.4. The zero-order valence-corrected chi connectivity index (χ0v) is 14.7. The molecule has 2 aromatic carbocycles. The summed E-state index contributed by atoms with van der Waals surface area (Å²) in [7, 11) is -4.31. The second kappa shape index (κ2) is 9.71. The van der Waals surface area contributed by atoms with Gasteiger partial charge < -0.3 is 4.55 Å². The first-order valence-electron chi connectivity index (χ1n) is 5.83. The second-order valence-electron chi connectivity index (χ2n) is 3.84. The average Bonchev–Trinajstić information content (AvgIpc) is 2.48. The smallest absolute Gasteiger partial charge is 0.744 e. The van der Waals surface area contributed by atoms with E-state index in [1.807, 2.05) is 36.4 Å². The van der Waals surface area contributed by atoms with Gasteiger partial charge in [-0.3, -0.25) is 0 Å². The summed E-state index contributed by atoms with van der Waals surface area (Å²) in [6, 6.07) is 15.6. The third kappa shape index (κ3) is 7.41. The fraction of sp³-hybridized carbons (Fsp3) is 0. The van der Waals surface area contributed by atoms with Gasteiger partial charge >= 0.3 is 29.6 Å². The van der Waals surface area contributed by atoms with E-state index in [0.717, 1.165) is 5.56 Å². The minimum absolute atomic E-state index is 0. The fourth-order valence-corrected chi connectivity index (χ4v) is 1.83. The number of rotatable bonds is 3. The fourth-order valence-electron chi connectivity index (χ4n) is 1.36. The molecule has 2 rings (SSSR count). The van der Waals surface area contributed by atoms with Gasteiger partial charge in [0.25, 0.3) is 0 Å². The molecule has 0 N–H and O–H groups in total. The molecule has 0 saturated heterocycles. The van der Waals surface area contributed by atoms with E-state index in [-0.39, 0.29) is 34.5 Å². The van der Waals surface area contributed by atoms with Gasteiger partial charge in [-0.05, 0) is 23.3 Å². The quantitative estimate of drug-likeness (QED) is 0.615. The van der Waals surface area contributed by atoms with E-state index in [1.54, 1.807) is 6.08 Å². The van der Waals surface area contributed by atoms with Crippen molar-refractivity contribution in [2.75, 3.05) is 0 Å². The second-order valence-corrected chi connectivity index (χ2v) is 5.22. The van der Waals surface area contributed by atoms with Crippen LogP contribution < -0.4 is 29.6 Å². The van der Waals surface area contributed by atoms with E-state index in [2.05, 4.69) is 13.2 Å². The van der Waals surface area contributed by atoms with E-state index in [0.29, 0.717) is 0 Å². The molecule has 3 nitrogen and oxygen atoms in total. The molecule has 0 atom stereocenters. The molecule has 0 aliphatic heterocycles. The Hall–Kier alpha value is -1.17. The third-order valence-electron chi connectivity index (χ3n) is 2.44. The maximum atomic E-state index is 10.5. The summed E-state index contributed by atoms with van der Waals surface area (Å²) in [4.78, 5) is -0.215. The van der Waals surface area contributed by atoms with Gasteiger partial charge in [-0.25, -0.2) is 8.42 Å². The normalized spacial score (nSPS) is 9.57. The molecule has 0 amide bonds. The van der Waals surface area contributed by atoms with E-state index >= 15 is 0 Å². The van der Waals surface area contributed by atoms with E-state index in [1.165, 1.54) is 29.8 Å². The summed E-state index contributed by atoms with van der Waals surface area (Å²) in [6.07, 6.45) is 3.40. The molecule has 0 radical (unpaired) electrons. The van der Waals surface area contributed by atoms with Crippen LogP contribution in [0.15, 0.2) is 72.7 Å². The van der Waals surface area contributed by atoms with Crippen LogP contribution in [-0.4, -0.2) is 13.0 Å². The standard InChI is InChI=1S/C8H8O3S.C8H8.Na/c1-2-7-3-5-8(6-4-7)12(9,10)11;1-2-8-6-4-3-5-7-8;/h2-6H,1H2,(H,9,10,11);2-7H,1H2;/q;;+1/p-1. The predicted molar refractivity (Wildman–Crippen MR) is 81.0 cm³/mol. The molecule has 0 bridgehead atoms. The van der Waals surface area contributed by atoms with Crippen molar-refractivity contribution in [2.45, 2.75) is 4.90 Å². The van der Waals surface area contributed by atoms with Gasteiger partial charge in [0.05, 0.1) is 4.90 Å². The van der Waals surface area contributed by atoms with Crippen LogP contribution >= 0.6 is 0 Å². The molecule has 0 aromatic heterocycles. The van der Waals surface area contributed by atoms with Gasteiger partial charge in [-0.2, -0.15) is 0 Å². The zero-order valence-electron chi connectivity index (χ0n) is 11.9. The van der Waals surface area contributed by atoms with Crippen LogP contribution in [0.25, 0.3) is 12.2 Å². The first-order chi connectivity index (χ1) is 9.47. The number of hydrogen-bond donors (Lipinski definition) is 0. The Kier molecular flexibility index (Phi) is 9.17. The molecular weight excluding hydrogens is 295 g/mol. The summed E-state index contributed by atoms with van der Waals surface area (Å²) in [6.45, 7) is 7.13. The van der Waals surface area contributed by atoms with Gasteiger partial charge in [0, 0.05) is 0 Å². The molecule has 0 spiro atoms. The topological polar surface area (TPSA) is 57.2 Å². The Morgan fingerprint density at radius 2 is 1.24 bits per heavy atom. The van der Waals surface area contributed by atoms with Crippen LogP contribution in [0.4, 0.5) is 0 Å².